The Balaban J connectivity index is 1.58. The number of carbonyl (C=O) groups is 2. The lowest BCUT2D eigenvalue weighted by atomic mass is 9.49. The van der Waals surface area contributed by atoms with E-state index in [1.54, 1.807) is 7.11 Å². The molecule has 0 aromatic rings. The third kappa shape index (κ3) is 7.42. The van der Waals surface area contributed by atoms with E-state index in [0.29, 0.717) is 43.3 Å². The fourth-order valence-corrected chi connectivity index (χ4v) is 9.81. The number of methoxy groups -OCH3 is 3. The molecule has 256 valence electrons. The summed E-state index contributed by atoms with van der Waals surface area (Å²) in [6, 6.07) is 0. The molecule has 0 N–H and O–H groups in total. The molecule has 4 aliphatic rings. The van der Waals surface area contributed by atoms with Gasteiger partial charge in [-0.3, -0.25) is 0 Å². The van der Waals surface area contributed by atoms with Crippen molar-refractivity contribution in [3.05, 3.63) is 23.3 Å². The van der Waals surface area contributed by atoms with Crippen molar-refractivity contribution in [3.63, 3.8) is 0 Å². The van der Waals surface area contributed by atoms with Gasteiger partial charge in [0.05, 0.1) is 19.8 Å². The Bertz CT molecular complexity index is 1100. The van der Waals surface area contributed by atoms with Gasteiger partial charge < -0.3 is 28.4 Å². The average Bonchev–Trinajstić information content (AvgIpc) is 3.37. The number of allylic oxidation sites excluding steroid dienone is 3. The number of carbonyl (C=O) groups excluding carboxylic acids is 2. The summed E-state index contributed by atoms with van der Waals surface area (Å²) >= 11 is 0. The fraction of sp³-hybridized carbons (Fsp3) is 0.838. The van der Waals surface area contributed by atoms with E-state index in [2.05, 4.69) is 53.7 Å². The van der Waals surface area contributed by atoms with Gasteiger partial charge in [-0.25, -0.2) is 9.59 Å². The molecule has 8 nitrogen and oxygen atoms in total. The summed E-state index contributed by atoms with van der Waals surface area (Å²) in [4.78, 5) is 24.5. The van der Waals surface area contributed by atoms with Crippen LogP contribution in [0.1, 0.15) is 112 Å². The molecule has 0 aromatic heterocycles. The zero-order valence-electron chi connectivity index (χ0n) is 29.4. The van der Waals surface area contributed by atoms with E-state index in [0.717, 1.165) is 19.3 Å². The van der Waals surface area contributed by atoms with Crippen LogP contribution in [-0.2, 0) is 28.4 Å². The van der Waals surface area contributed by atoms with Crippen LogP contribution in [-0.4, -0.2) is 58.2 Å². The lowest BCUT2D eigenvalue weighted by molar-refractivity contribution is -0.120. The molecule has 3 saturated carbocycles. The van der Waals surface area contributed by atoms with Gasteiger partial charge in [-0.1, -0.05) is 70.3 Å². The summed E-state index contributed by atoms with van der Waals surface area (Å²) < 4.78 is 32.5. The minimum Gasteiger partial charge on any atom is -0.438 e. The first-order valence-corrected chi connectivity index (χ1v) is 17.4. The Morgan fingerprint density at radius 2 is 1.69 bits per heavy atom. The molecular formula is C37H60O8. The number of hydrogen-bond acceptors (Lipinski definition) is 8. The van der Waals surface area contributed by atoms with E-state index in [4.69, 9.17) is 28.4 Å². The minimum absolute atomic E-state index is 0.198. The Kier molecular flexibility index (Phi) is 11.8. The zero-order valence-corrected chi connectivity index (χ0v) is 29.4. The summed E-state index contributed by atoms with van der Waals surface area (Å²) in [5.74, 6) is 2.75. The number of rotatable bonds is 13. The molecule has 0 saturated heterocycles. The van der Waals surface area contributed by atoms with Crippen LogP contribution in [0.4, 0.5) is 9.59 Å². The summed E-state index contributed by atoms with van der Waals surface area (Å²) in [6.45, 7) is 14.4. The predicted octanol–water partition coefficient (Wildman–Crippen LogP) is 9.02. The van der Waals surface area contributed by atoms with Crippen molar-refractivity contribution in [1.29, 1.82) is 0 Å². The van der Waals surface area contributed by atoms with Crippen LogP contribution in [0.2, 0.25) is 0 Å². The molecule has 8 heteroatoms. The first-order valence-electron chi connectivity index (χ1n) is 17.4. The second-order valence-corrected chi connectivity index (χ2v) is 15.3. The van der Waals surface area contributed by atoms with Crippen LogP contribution in [0.3, 0.4) is 0 Å². The van der Waals surface area contributed by atoms with E-state index in [9.17, 15) is 9.59 Å². The standard InChI is InChI=1S/C37H60O8/c1-10-11-12-25(17-19-35(3,4)43-23-40-7)24(2)29-15-16-30-28-14-13-26-21-27(44-33(38)41-8)22-32(45-34(39)42-9)37(26,6)31(28)18-20-36(29,30)5/h13-14,24-25,27,29-32H,10-12,15-23H2,1-9H3/t24-,25+,27+,29+,30-,31?,32-,36+,37-/m0/s1. The highest BCUT2D eigenvalue weighted by Gasteiger charge is 2.60. The van der Waals surface area contributed by atoms with Gasteiger partial charge in [0.25, 0.3) is 0 Å². The van der Waals surface area contributed by atoms with Gasteiger partial charge >= 0.3 is 12.3 Å². The van der Waals surface area contributed by atoms with Crippen molar-refractivity contribution in [2.24, 2.45) is 40.4 Å². The molecule has 0 amide bonds. The highest BCUT2D eigenvalue weighted by Crippen LogP contribution is 2.67. The summed E-state index contributed by atoms with van der Waals surface area (Å²) in [7, 11) is 4.33. The van der Waals surface area contributed by atoms with Gasteiger partial charge in [0.2, 0.25) is 0 Å². The SMILES string of the molecule is CCCC[C@H](CCC(C)(C)OCOC)[C@H](C)[C@H]1CC[C@H]2C3=CC=C4C[C@@H](OC(=O)OC)C[C@H](OC(=O)OC)[C@]4(C)C3CC[C@]12C. The van der Waals surface area contributed by atoms with Gasteiger partial charge in [0, 0.05) is 25.4 Å². The monoisotopic (exact) mass is 632 g/mol. The third-order valence-corrected chi connectivity index (χ3v) is 12.5. The minimum atomic E-state index is -0.712. The van der Waals surface area contributed by atoms with Gasteiger partial charge in [-0.15, -0.1) is 0 Å². The van der Waals surface area contributed by atoms with Gasteiger partial charge in [0.15, 0.2) is 0 Å². The number of hydrogen-bond donors (Lipinski definition) is 0. The number of ether oxygens (including phenoxy) is 6. The summed E-state index contributed by atoms with van der Waals surface area (Å²) in [5.41, 5.74) is 2.36. The first-order chi connectivity index (χ1) is 21.3. The van der Waals surface area contributed by atoms with E-state index < -0.39 is 24.5 Å². The molecular weight excluding hydrogens is 572 g/mol. The molecule has 1 unspecified atom stereocenters. The molecule has 0 aliphatic heterocycles. The predicted molar refractivity (Wildman–Crippen MR) is 174 cm³/mol. The Hall–Kier alpha value is -2.06. The third-order valence-electron chi connectivity index (χ3n) is 12.5. The van der Waals surface area contributed by atoms with Crippen LogP contribution in [0.25, 0.3) is 0 Å². The highest BCUT2D eigenvalue weighted by molar-refractivity contribution is 5.61. The lowest BCUT2D eigenvalue weighted by Gasteiger charge is -2.57. The number of fused-ring (bicyclic) bond motifs is 5. The van der Waals surface area contributed by atoms with E-state index in [-0.39, 0.29) is 22.3 Å². The molecule has 45 heavy (non-hydrogen) atoms. The maximum atomic E-state index is 12.5. The van der Waals surface area contributed by atoms with E-state index in [1.165, 1.54) is 63.9 Å². The van der Waals surface area contributed by atoms with Crippen LogP contribution in [0, 0.1) is 40.4 Å². The summed E-state index contributed by atoms with van der Waals surface area (Å²) in [5, 5.41) is 0. The topological polar surface area (TPSA) is 89.5 Å². The first kappa shape index (κ1) is 35.8. The van der Waals surface area contributed by atoms with Crippen LogP contribution in [0.5, 0.6) is 0 Å². The fourth-order valence-electron chi connectivity index (χ4n) is 9.81. The van der Waals surface area contributed by atoms with Crippen molar-refractivity contribution in [1.82, 2.24) is 0 Å². The molecule has 4 aliphatic carbocycles. The Morgan fingerprint density at radius 3 is 2.36 bits per heavy atom. The molecule has 4 rings (SSSR count). The van der Waals surface area contributed by atoms with Crippen LogP contribution < -0.4 is 0 Å². The van der Waals surface area contributed by atoms with Crippen molar-refractivity contribution in [3.8, 4) is 0 Å². The number of unbranched alkanes of at least 4 members (excludes halogenated alkanes) is 1. The molecule has 3 fully saturated rings. The molecule has 0 bridgehead atoms. The molecule has 0 radical (unpaired) electrons. The van der Waals surface area contributed by atoms with Crippen molar-refractivity contribution >= 4 is 12.3 Å². The van der Waals surface area contributed by atoms with E-state index in [1.807, 2.05) is 0 Å². The van der Waals surface area contributed by atoms with E-state index >= 15 is 0 Å². The molecule has 0 aromatic carbocycles. The quantitative estimate of drug-likeness (QED) is 0.147. The second-order valence-electron chi connectivity index (χ2n) is 15.3. The Morgan fingerprint density at radius 1 is 0.978 bits per heavy atom. The molecule has 0 spiro atoms. The van der Waals surface area contributed by atoms with Crippen molar-refractivity contribution < 1.29 is 38.0 Å². The Labute approximate surface area is 271 Å². The normalized spacial score (nSPS) is 33.8. The summed E-state index contributed by atoms with van der Waals surface area (Å²) in [6.07, 6.45) is 14.0. The smallest absolute Gasteiger partial charge is 0.438 e. The van der Waals surface area contributed by atoms with Crippen LogP contribution >= 0.6 is 0 Å². The zero-order chi connectivity index (χ0) is 33.0. The second kappa shape index (κ2) is 14.8. The lowest BCUT2D eigenvalue weighted by Crippen LogP contribution is -2.54. The highest BCUT2D eigenvalue weighted by atomic mass is 16.7. The van der Waals surface area contributed by atoms with Crippen molar-refractivity contribution in [2.75, 3.05) is 28.1 Å². The van der Waals surface area contributed by atoms with Gasteiger partial charge in [0.1, 0.15) is 19.0 Å². The largest absolute Gasteiger partial charge is 0.508 e. The maximum Gasteiger partial charge on any atom is 0.508 e. The van der Waals surface area contributed by atoms with Crippen molar-refractivity contribution in [2.45, 2.75) is 130 Å². The van der Waals surface area contributed by atoms with Gasteiger partial charge in [-0.05, 0) is 87.4 Å². The molecule has 9 atom stereocenters. The van der Waals surface area contributed by atoms with Crippen LogP contribution in [0.15, 0.2) is 23.3 Å². The maximum absolute atomic E-state index is 12.5. The van der Waals surface area contributed by atoms with Gasteiger partial charge in [-0.2, -0.15) is 0 Å². The average molecular weight is 633 g/mol. The molecule has 0 heterocycles.